The second-order valence-corrected chi connectivity index (χ2v) is 10.9. The highest BCUT2D eigenvalue weighted by Crippen LogP contribution is 2.43. The van der Waals surface area contributed by atoms with Crippen LogP contribution in [-0.4, -0.2) is 0 Å². The Morgan fingerprint density at radius 1 is 0.462 bits per heavy atom. The lowest BCUT2D eigenvalue weighted by Gasteiger charge is -2.26. The summed E-state index contributed by atoms with van der Waals surface area (Å²) in [5, 5.41) is 4.90. The van der Waals surface area contributed by atoms with Gasteiger partial charge in [-0.2, -0.15) is 0 Å². The monoisotopic (exact) mass is 517 g/mol. The van der Waals surface area contributed by atoms with E-state index in [0.29, 0.717) is 0 Å². The first-order valence-corrected chi connectivity index (χ1v) is 13.9. The molecule has 8 rings (SSSR count). The first-order chi connectivity index (χ1) is 19.3. The van der Waals surface area contributed by atoms with Crippen molar-refractivity contribution >= 4 is 70.5 Å². The molecular formula is C36H23NOS. The molecular weight excluding hydrogens is 494 g/mol. The van der Waals surface area contributed by atoms with Crippen LogP contribution in [0.25, 0.3) is 53.2 Å². The van der Waals surface area contributed by atoms with E-state index >= 15 is 0 Å². The summed E-state index contributed by atoms with van der Waals surface area (Å²) in [5.74, 6) is 0. The number of anilines is 3. The maximum Gasteiger partial charge on any atom is 0.137 e. The maximum absolute atomic E-state index is 6.22. The normalized spacial score (nSPS) is 11.6. The zero-order valence-electron chi connectivity index (χ0n) is 21.0. The summed E-state index contributed by atoms with van der Waals surface area (Å²) < 4.78 is 8.88. The van der Waals surface area contributed by atoms with Gasteiger partial charge in [0.05, 0.1) is 11.1 Å². The van der Waals surface area contributed by atoms with Gasteiger partial charge < -0.3 is 9.32 Å². The smallest absolute Gasteiger partial charge is 0.137 e. The summed E-state index contributed by atoms with van der Waals surface area (Å²) in [7, 11) is 0. The van der Waals surface area contributed by atoms with Gasteiger partial charge in [0, 0.05) is 36.9 Å². The van der Waals surface area contributed by atoms with Crippen LogP contribution in [-0.2, 0) is 0 Å². The van der Waals surface area contributed by atoms with E-state index in [1.54, 1.807) is 0 Å². The summed E-state index contributed by atoms with van der Waals surface area (Å²) in [6.07, 6.45) is 0. The van der Waals surface area contributed by atoms with Crippen LogP contribution in [0.4, 0.5) is 17.1 Å². The molecule has 2 aromatic heterocycles. The number of hydrogen-bond acceptors (Lipinski definition) is 3. The van der Waals surface area contributed by atoms with Crippen LogP contribution in [0.5, 0.6) is 0 Å². The average molecular weight is 518 g/mol. The Labute approximate surface area is 230 Å². The van der Waals surface area contributed by atoms with Crippen molar-refractivity contribution in [3.63, 3.8) is 0 Å². The number of fused-ring (bicyclic) bond motifs is 6. The Kier molecular flexibility index (Phi) is 5.04. The van der Waals surface area contributed by atoms with Gasteiger partial charge in [0.25, 0.3) is 0 Å². The van der Waals surface area contributed by atoms with Crippen molar-refractivity contribution in [1.82, 2.24) is 0 Å². The van der Waals surface area contributed by atoms with Gasteiger partial charge in [-0.15, -0.1) is 11.3 Å². The van der Waals surface area contributed by atoms with E-state index in [0.717, 1.165) is 39.0 Å². The first kappa shape index (κ1) is 22.2. The van der Waals surface area contributed by atoms with Crippen LogP contribution in [0.3, 0.4) is 0 Å². The predicted octanol–water partition coefficient (Wildman–Crippen LogP) is 11.1. The number of furan rings is 1. The van der Waals surface area contributed by atoms with E-state index < -0.39 is 0 Å². The van der Waals surface area contributed by atoms with Crippen molar-refractivity contribution in [2.75, 3.05) is 4.90 Å². The van der Waals surface area contributed by atoms with Gasteiger partial charge in [-0.25, -0.2) is 0 Å². The van der Waals surface area contributed by atoms with E-state index in [1.165, 1.54) is 31.3 Å². The molecule has 0 unspecified atom stereocenters. The summed E-state index contributed by atoms with van der Waals surface area (Å²) in [5.41, 5.74) is 7.54. The van der Waals surface area contributed by atoms with Crippen molar-refractivity contribution < 1.29 is 4.42 Å². The summed E-state index contributed by atoms with van der Waals surface area (Å²) >= 11 is 1.86. The third-order valence-electron chi connectivity index (χ3n) is 7.47. The lowest BCUT2D eigenvalue weighted by atomic mass is 10.0. The van der Waals surface area contributed by atoms with E-state index in [1.807, 2.05) is 23.5 Å². The fraction of sp³-hybridized carbons (Fsp3) is 0. The van der Waals surface area contributed by atoms with Crippen molar-refractivity contribution in [2.24, 2.45) is 0 Å². The largest absolute Gasteiger partial charge is 0.456 e. The zero-order valence-corrected chi connectivity index (χ0v) is 21.9. The second-order valence-electron chi connectivity index (χ2n) is 9.78. The molecule has 0 bridgehead atoms. The lowest BCUT2D eigenvalue weighted by molar-refractivity contribution is 0.669. The highest BCUT2D eigenvalue weighted by atomic mass is 32.1. The number of thiophene rings is 1. The average Bonchev–Trinajstić information content (AvgIpc) is 3.56. The minimum atomic E-state index is 0.892. The molecule has 0 atom stereocenters. The molecule has 8 aromatic rings. The molecule has 0 saturated carbocycles. The van der Waals surface area contributed by atoms with Crippen molar-refractivity contribution in [3.8, 4) is 11.1 Å². The van der Waals surface area contributed by atoms with Gasteiger partial charge in [0.2, 0.25) is 0 Å². The molecule has 184 valence electrons. The van der Waals surface area contributed by atoms with E-state index in [2.05, 4.69) is 132 Å². The topological polar surface area (TPSA) is 16.4 Å². The van der Waals surface area contributed by atoms with Crippen LogP contribution < -0.4 is 4.90 Å². The van der Waals surface area contributed by atoms with Crippen LogP contribution in [0.2, 0.25) is 0 Å². The quantitative estimate of drug-likeness (QED) is 0.231. The zero-order chi connectivity index (χ0) is 25.8. The molecule has 0 spiro atoms. The Morgan fingerprint density at radius 2 is 1.13 bits per heavy atom. The van der Waals surface area contributed by atoms with E-state index in [9.17, 15) is 0 Å². The molecule has 3 heteroatoms. The SMILES string of the molecule is c1ccc(N(c2ccc(-c3ccc4c(c3)sc3ccccc34)cc2)c2cccc3oc4ccccc4c23)cc1. The molecule has 0 saturated heterocycles. The third kappa shape index (κ3) is 3.63. The van der Waals surface area contributed by atoms with Crippen LogP contribution in [0.1, 0.15) is 0 Å². The van der Waals surface area contributed by atoms with Gasteiger partial charge >= 0.3 is 0 Å². The summed E-state index contributed by atoms with van der Waals surface area (Å²) in [6, 6.07) is 49.5. The van der Waals surface area contributed by atoms with Crippen molar-refractivity contribution in [2.45, 2.75) is 0 Å². The number of hydrogen-bond donors (Lipinski definition) is 0. The molecule has 0 aliphatic rings. The van der Waals surface area contributed by atoms with E-state index in [-0.39, 0.29) is 0 Å². The Bertz CT molecular complexity index is 2120. The Hall–Kier alpha value is -4.86. The second kappa shape index (κ2) is 8.87. The molecule has 2 nitrogen and oxygen atoms in total. The van der Waals surface area contributed by atoms with Crippen molar-refractivity contribution in [3.05, 3.63) is 140 Å². The van der Waals surface area contributed by atoms with Gasteiger partial charge in [-0.3, -0.25) is 0 Å². The molecule has 39 heavy (non-hydrogen) atoms. The Morgan fingerprint density at radius 3 is 2.00 bits per heavy atom. The Balaban J connectivity index is 1.26. The molecule has 0 amide bonds. The molecule has 0 radical (unpaired) electrons. The highest BCUT2D eigenvalue weighted by molar-refractivity contribution is 7.25. The van der Waals surface area contributed by atoms with Crippen LogP contribution in [0.15, 0.2) is 144 Å². The molecule has 0 aliphatic carbocycles. The van der Waals surface area contributed by atoms with E-state index in [4.69, 9.17) is 4.42 Å². The number of nitrogens with zero attached hydrogens (tertiary/aromatic N) is 1. The fourth-order valence-corrected chi connectivity index (χ4v) is 6.80. The van der Waals surface area contributed by atoms with Gasteiger partial charge in [0.1, 0.15) is 11.2 Å². The van der Waals surface area contributed by atoms with Gasteiger partial charge in [0.15, 0.2) is 0 Å². The van der Waals surface area contributed by atoms with Gasteiger partial charge in [-0.1, -0.05) is 84.9 Å². The first-order valence-electron chi connectivity index (χ1n) is 13.1. The number of benzene rings is 6. The van der Waals surface area contributed by atoms with Gasteiger partial charge in [-0.05, 0) is 65.7 Å². The summed E-state index contributed by atoms with van der Waals surface area (Å²) in [6.45, 7) is 0. The molecule has 6 aromatic carbocycles. The molecule has 0 aliphatic heterocycles. The van der Waals surface area contributed by atoms with Crippen molar-refractivity contribution in [1.29, 1.82) is 0 Å². The van der Waals surface area contributed by atoms with Crippen LogP contribution in [0, 0.1) is 0 Å². The standard InChI is InChI=1S/C36H23NOS/c1-2-9-26(10-3-1)37(31-13-8-15-33-36(31)30-12-4-6-14-32(30)38-33)27-20-17-24(18-21-27)25-19-22-29-28-11-5-7-16-34(28)39-35(29)23-25/h1-23H. The lowest BCUT2D eigenvalue weighted by Crippen LogP contribution is -2.10. The predicted molar refractivity (Wildman–Crippen MR) is 167 cm³/mol. The molecule has 0 N–H and O–H groups in total. The molecule has 2 heterocycles. The number of para-hydroxylation sites is 2. The van der Waals surface area contributed by atoms with Crippen LogP contribution >= 0.6 is 11.3 Å². The molecule has 0 fully saturated rings. The fourth-order valence-electron chi connectivity index (χ4n) is 5.66. The third-order valence-corrected chi connectivity index (χ3v) is 8.61. The number of rotatable bonds is 4. The highest BCUT2D eigenvalue weighted by Gasteiger charge is 2.19. The minimum Gasteiger partial charge on any atom is -0.456 e. The maximum atomic E-state index is 6.22. The minimum absolute atomic E-state index is 0.892. The summed E-state index contributed by atoms with van der Waals surface area (Å²) in [4.78, 5) is 2.32.